The number of likely N-dealkylation sites (tertiary alicyclic amines) is 1. The molecule has 0 radical (unpaired) electrons. The highest BCUT2D eigenvalue weighted by Crippen LogP contribution is 2.34. The number of hydrogen-bond donors (Lipinski definition) is 2. The first kappa shape index (κ1) is 18.5. The number of halogens is 1. The number of nitrogens with zero attached hydrogens (tertiary/aromatic N) is 1. The lowest BCUT2D eigenvalue weighted by Crippen LogP contribution is -2.48. The van der Waals surface area contributed by atoms with Crippen molar-refractivity contribution in [3.8, 4) is 0 Å². The SMILES string of the molecule is CNC(=O)CC1CCN(C(=O)C2CC3CCCCC3N2)CC1.Cl. The maximum absolute atomic E-state index is 12.7. The van der Waals surface area contributed by atoms with Gasteiger partial charge in [-0.05, 0) is 43.9 Å². The lowest BCUT2D eigenvalue weighted by atomic mass is 9.85. The largest absolute Gasteiger partial charge is 0.359 e. The average Bonchev–Trinajstić information content (AvgIpc) is 2.98. The van der Waals surface area contributed by atoms with Crippen LogP contribution >= 0.6 is 12.4 Å². The van der Waals surface area contributed by atoms with Crippen LogP contribution in [0.4, 0.5) is 0 Å². The lowest BCUT2D eigenvalue weighted by molar-refractivity contribution is -0.134. The van der Waals surface area contributed by atoms with Crippen molar-refractivity contribution in [2.75, 3.05) is 20.1 Å². The van der Waals surface area contributed by atoms with Gasteiger partial charge in [0, 0.05) is 32.6 Å². The highest BCUT2D eigenvalue weighted by Gasteiger charge is 2.40. The maximum atomic E-state index is 12.7. The van der Waals surface area contributed by atoms with Crippen LogP contribution in [0.25, 0.3) is 0 Å². The Balaban J connectivity index is 0.00000192. The lowest BCUT2D eigenvalue weighted by Gasteiger charge is -2.33. The molecular weight excluding hydrogens is 314 g/mol. The van der Waals surface area contributed by atoms with Crippen molar-refractivity contribution < 1.29 is 9.59 Å². The first-order valence-corrected chi connectivity index (χ1v) is 8.92. The molecule has 0 spiro atoms. The van der Waals surface area contributed by atoms with Crippen molar-refractivity contribution in [3.63, 3.8) is 0 Å². The second-order valence-corrected chi connectivity index (χ2v) is 7.25. The van der Waals surface area contributed by atoms with Gasteiger partial charge in [0.2, 0.25) is 11.8 Å². The van der Waals surface area contributed by atoms with Gasteiger partial charge in [-0.2, -0.15) is 0 Å². The van der Waals surface area contributed by atoms with E-state index in [2.05, 4.69) is 10.6 Å². The maximum Gasteiger partial charge on any atom is 0.239 e. The second kappa shape index (κ2) is 8.34. The van der Waals surface area contributed by atoms with Crippen LogP contribution in [0.1, 0.15) is 51.4 Å². The van der Waals surface area contributed by atoms with Gasteiger partial charge in [0.05, 0.1) is 6.04 Å². The van der Waals surface area contributed by atoms with E-state index in [1.54, 1.807) is 7.05 Å². The van der Waals surface area contributed by atoms with Crippen molar-refractivity contribution >= 4 is 24.2 Å². The Labute approximate surface area is 145 Å². The number of amides is 2. The van der Waals surface area contributed by atoms with Crippen LogP contribution in [0.2, 0.25) is 0 Å². The summed E-state index contributed by atoms with van der Waals surface area (Å²) in [5, 5.41) is 6.28. The standard InChI is InChI=1S/C17H29N3O2.ClH/c1-18-16(21)10-12-6-8-20(9-7-12)17(22)15-11-13-4-2-3-5-14(13)19-15;/h12-15,19H,2-11H2,1H3,(H,18,21);1H. The van der Waals surface area contributed by atoms with Crippen LogP contribution in [0.15, 0.2) is 0 Å². The number of carbonyl (C=O) groups excluding carboxylic acids is 2. The molecule has 0 aromatic carbocycles. The topological polar surface area (TPSA) is 61.4 Å². The molecule has 6 heteroatoms. The third-order valence-electron chi connectivity index (χ3n) is 5.84. The Bertz CT molecular complexity index is 410. The molecule has 3 rings (SSSR count). The van der Waals surface area contributed by atoms with Gasteiger partial charge in [0.25, 0.3) is 0 Å². The number of rotatable bonds is 3. The minimum Gasteiger partial charge on any atom is -0.359 e. The predicted molar refractivity (Wildman–Crippen MR) is 92.5 cm³/mol. The molecule has 2 aliphatic heterocycles. The van der Waals surface area contributed by atoms with Crippen molar-refractivity contribution in [3.05, 3.63) is 0 Å². The zero-order valence-corrected chi connectivity index (χ0v) is 14.9. The molecule has 1 saturated carbocycles. The summed E-state index contributed by atoms with van der Waals surface area (Å²) in [6.45, 7) is 1.63. The Morgan fingerprint density at radius 3 is 2.48 bits per heavy atom. The van der Waals surface area contributed by atoms with Gasteiger partial charge in [0.15, 0.2) is 0 Å². The van der Waals surface area contributed by atoms with Crippen molar-refractivity contribution in [1.29, 1.82) is 0 Å². The molecule has 132 valence electrons. The first-order valence-electron chi connectivity index (χ1n) is 8.92. The van der Waals surface area contributed by atoms with Gasteiger partial charge in [-0.15, -0.1) is 12.4 Å². The highest BCUT2D eigenvalue weighted by atomic mass is 35.5. The van der Waals surface area contributed by atoms with Crippen molar-refractivity contribution in [2.24, 2.45) is 11.8 Å². The fraction of sp³-hybridized carbons (Fsp3) is 0.882. The third kappa shape index (κ3) is 4.38. The number of carbonyl (C=O) groups is 2. The number of hydrogen-bond acceptors (Lipinski definition) is 3. The summed E-state index contributed by atoms with van der Waals surface area (Å²) < 4.78 is 0. The summed E-state index contributed by atoms with van der Waals surface area (Å²) in [6.07, 6.45) is 8.70. The molecule has 0 aromatic heterocycles. The third-order valence-corrected chi connectivity index (χ3v) is 5.84. The van der Waals surface area contributed by atoms with Crippen molar-refractivity contribution in [2.45, 2.75) is 63.5 Å². The molecule has 3 fully saturated rings. The van der Waals surface area contributed by atoms with Crippen LogP contribution < -0.4 is 10.6 Å². The monoisotopic (exact) mass is 343 g/mol. The smallest absolute Gasteiger partial charge is 0.239 e. The summed E-state index contributed by atoms with van der Waals surface area (Å²) in [7, 11) is 1.69. The number of nitrogens with one attached hydrogen (secondary N) is 2. The van der Waals surface area contributed by atoms with Crippen LogP contribution in [-0.4, -0.2) is 48.9 Å². The number of piperidine rings is 1. The first-order chi connectivity index (χ1) is 10.7. The van der Waals surface area contributed by atoms with E-state index in [0.717, 1.165) is 32.4 Å². The van der Waals surface area contributed by atoms with Gasteiger partial charge in [0.1, 0.15) is 0 Å². The zero-order valence-electron chi connectivity index (χ0n) is 14.1. The number of fused-ring (bicyclic) bond motifs is 1. The fourth-order valence-corrected chi connectivity index (χ4v) is 4.45. The molecule has 1 aliphatic carbocycles. The van der Waals surface area contributed by atoms with E-state index in [0.29, 0.717) is 30.2 Å². The summed E-state index contributed by atoms with van der Waals surface area (Å²) in [5.74, 6) is 1.57. The molecule has 2 saturated heterocycles. The second-order valence-electron chi connectivity index (χ2n) is 7.25. The Hall–Kier alpha value is -0.810. The molecule has 2 amide bonds. The van der Waals surface area contributed by atoms with E-state index in [1.165, 1.54) is 25.7 Å². The van der Waals surface area contributed by atoms with Crippen LogP contribution in [-0.2, 0) is 9.59 Å². The van der Waals surface area contributed by atoms with E-state index < -0.39 is 0 Å². The molecule has 23 heavy (non-hydrogen) atoms. The summed E-state index contributed by atoms with van der Waals surface area (Å²) in [4.78, 5) is 26.2. The molecule has 3 atom stereocenters. The van der Waals surface area contributed by atoms with E-state index in [9.17, 15) is 9.59 Å². The molecule has 2 heterocycles. The molecule has 5 nitrogen and oxygen atoms in total. The minimum atomic E-state index is 0. The normalized spacial score (nSPS) is 31.2. The minimum absolute atomic E-state index is 0. The van der Waals surface area contributed by atoms with Gasteiger partial charge < -0.3 is 15.5 Å². The molecule has 3 aliphatic rings. The van der Waals surface area contributed by atoms with Gasteiger partial charge in [-0.3, -0.25) is 9.59 Å². The van der Waals surface area contributed by atoms with Crippen LogP contribution in [0.5, 0.6) is 0 Å². The van der Waals surface area contributed by atoms with E-state index in [1.807, 2.05) is 4.90 Å². The Morgan fingerprint density at radius 1 is 1.13 bits per heavy atom. The molecule has 3 unspecified atom stereocenters. The summed E-state index contributed by atoms with van der Waals surface area (Å²) in [5.41, 5.74) is 0. The average molecular weight is 344 g/mol. The Morgan fingerprint density at radius 2 is 1.83 bits per heavy atom. The summed E-state index contributed by atoms with van der Waals surface area (Å²) >= 11 is 0. The Kier molecular flexibility index (Phi) is 6.72. The van der Waals surface area contributed by atoms with Gasteiger partial charge in [-0.1, -0.05) is 12.8 Å². The highest BCUT2D eigenvalue weighted by molar-refractivity contribution is 5.85. The van der Waals surface area contributed by atoms with Crippen LogP contribution in [0.3, 0.4) is 0 Å². The zero-order chi connectivity index (χ0) is 15.5. The molecule has 0 aromatic rings. The predicted octanol–water partition coefficient (Wildman–Crippen LogP) is 1.70. The van der Waals surface area contributed by atoms with Crippen molar-refractivity contribution in [1.82, 2.24) is 15.5 Å². The quantitative estimate of drug-likeness (QED) is 0.820. The molecular formula is C17H30ClN3O2. The summed E-state index contributed by atoms with van der Waals surface area (Å²) in [6, 6.07) is 0.622. The van der Waals surface area contributed by atoms with Gasteiger partial charge in [-0.25, -0.2) is 0 Å². The van der Waals surface area contributed by atoms with E-state index in [-0.39, 0.29) is 24.4 Å². The van der Waals surface area contributed by atoms with Gasteiger partial charge >= 0.3 is 0 Å². The van der Waals surface area contributed by atoms with Crippen LogP contribution in [0, 0.1) is 11.8 Å². The molecule has 0 bridgehead atoms. The fourth-order valence-electron chi connectivity index (χ4n) is 4.45. The van der Waals surface area contributed by atoms with E-state index in [4.69, 9.17) is 0 Å². The van der Waals surface area contributed by atoms with E-state index >= 15 is 0 Å². The molecule has 2 N–H and O–H groups in total.